The molecule has 0 amide bonds. The quantitative estimate of drug-likeness (QED) is 0.477. The molecule has 2 aromatic carbocycles. The molecule has 0 bridgehead atoms. The second kappa shape index (κ2) is 7.85. The van der Waals surface area contributed by atoms with Gasteiger partial charge in [-0.05, 0) is 0 Å². The van der Waals surface area contributed by atoms with Crippen molar-refractivity contribution in [1.82, 2.24) is 8.96 Å². The molecular weight excluding hydrogens is 363 g/mol. The molecule has 3 rings (SSSR count). The number of rotatable bonds is 6. The fourth-order valence-electron chi connectivity index (χ4n) is 1.76. The van der Waals surface area contributed by atoms with Crippen LogP contribution in [0.25, 0.3) is 0 Å². The number of hydrogen-bond acceptors (Lipinski definition) is 4. The van der Waals surface area contributed by atoms with Gasteiger partial charge >= 0.3 is 140 Å². The third-order valence-electron chi connectivity index (χ3n) is 2.80. The summed E-state index contributed by atoms with van der Waals surface area (Å²) in [5.41, 5.74) is 2.66. The molecule has 1 aromatic heterocycles. The molecule has 0 aliphatic rings. The molecule has 0 atom stereocenters. The van der Waals surface area contributed by atoms with Crippen LogP contribution in [0.4, 0.5) is 0 Å². The summed E-state index contributed by atoms with van der Waals surface area (Å²) < 4.78 is 5.74. The summed E-state index contributed by atoms with van der Waals surface area (Å²) in [6.07, 6.45) is 0. The first-order chi connectivity index (χ1) is 10.4. The van der Waals surface area contributed by atoms with E-state index in [1.807, 2.05) is 23.9 Å². The van der Waals surface area contributed by atoms with Crippen molar-refractivity contribution in [2.24, 2.45) is 0 Å². The molecule has 21 heavy (non-hydrogen) atoms. The first-order valence-electron chi connectivity index (χ1n) is 6.57. The van der Waals surface area contributed by atoms with E-state index in [0.29, 0.717) is 0 Å². The Labute approximate surface area is 139 Å². The molecule has 0 aliphatic carbocycles. The van der Waals surface area contributed by atoms with Gasteiger partial charge in [-0.1, -0.05) is 0 Å². The first kappa shape index (κ1) is 14.9. The molecule has 0 spiro atoms. The van der Waals surface area contributed by atoms with E-state index in [9.17, 15) is 0 Å². The van der Waals surface area contributed by atoms with Crippen LogP contribution < -0.4 is 0 Å². The summed E-state index contributed by atoms with van der Waals surface area (Å²) in [7, 11) is 0. The Bertz CT molecular complexity index is 613. The molecule has 1 heterocycles. The van der Waals surface area contributed by atoms with E-state index >= 15 is 0 Å². The van der Waals surface area contributed by atoms with E-state index in [1.54, 1.807) is 11.8 Å². The Hall–Kier alpha value is -1.00. The zero-order valence-corrected chi connectivity index (χ0v) is 14.7. The van der Waals surface area contributed by atoms with Crippen LogP contribution in [0.1, 0.15) is 11.1 Å². The molecule has 0 saturated carbocycles. The van der Waals surface area contributed by atoms with Crippen molar-refractivity contribution in [3.8, 4) is 0 Å². The number of aromatic nitrogens is 2. The van der Waals surface area contributed by atoms with Crippen LogP contribution >= 0.6 is 23.5 Å². The van der Waals surface area contributed by atoms with E-state index in [-0.39, 0.29) is 14.7 Å². The molecule has 0 fully saturated rings. The summed E-state index contributed by atoms with van der Waals surface area (Å²) in [6.45, 7) is 0. The van der Waals surface area contributed by atoms with Gasteiger partial charge in [0.15, 0.2) is 0 Å². The van der Waals surface area contributed by atoms with Gasteiger partial charge in [0.05, 0.1) is 0 Å². The van der Waals surface area contributed by atoms with Gasteiger partial charge < -0.3 is 0 Å². The van der Waals surface area contributed by atoms with Crippen LogP contribution in [0.15, 0.2) is 69.7 Å². The summed E-state index contributed by atoms with van der Waals surface area (Å²) >= 11 is 3.70. The maximum absolute atomic E-state index is 4.64. The van der Waals surface area contributed by atoms with Crippen molar-refractivity contribution >= 4 is 38.3 Å². The fourth-order valence-corrected chi connectivity index (χ4v) is 5.43. The maximum atomic E-state index is 4.64. The van der Waals surface area contributed by atoms with Gasteiger partial charge in [0.25, 0.3) is 0 Å². The molecular formula is C16H14N2S2Se. The molecule has 3 aromatic rings. The fraction of sp³-hybridized carbons (Fsp3) is 0.125. The Morgan fingerprint density at radius 2 is 1.33 bits per heavy atom. The number of nitrogens with zero attached hydrogens (tertiary/aromatic N) is 2. The van der Waals surface area contributed by atoms with Crippen LogP contribution in [0.2, 0.25) is 0 Å². The van der Waals surface area contributed by atoms with Gasteiger partial charge in [-0.15, -0.1) is 0 Å². The zero-order chi connectivity index (χ0) is 14.3. The van der Waals surface area contributed by atoms with E-state index in [0.717, 1.165) is 16.7 Å². The van der Waals surface area contributed by atoms with Crippen molar-refractivity contribution in [3.05, 3.63) is 71.8 Å². The van der Waals surface area contributed by atoms with E-state index in [1.165, 1.54) is 15.0 Å². The molecule has 0 saturated heterocycles. The van der Waals surface area contributed by atoms with E-state index < -0.39 is 0 Å². The molecule has 0 radical (unpaired) electrons. The van der Waals surface area contributed by atoms with Gasteiger partial charge in [-0.2, -0.15) is 0 Å². The summed E-state index contributed by atoms with van der Waals surface area (Å²) in [5.74, 6) is 1.92. The Kier molecular flexibility index (Phi) is 5.58. The molecule has 0 unspecified atom stereocenters. The first-order valence-corrected chi connectivity index (χ1v) is 10.2. The van der Waals surface area contributed by atoms with Crippen LogP contribution in [0.5, 0.6) is 0 Å². The predicted molar refractivity (Wildman–Crippen MR) is 91.0 cm³/mol. The molecule has 0 aliphatic heterocycles. The van der Waals surface area contributed by atoms with Gasteiger partial charge in [-0.25, -0.2) is 0 Å². The monoisotopic (exact) mass is 378 g/mol. The van der Waals surface area contributed by atoms with Gasteiger partial charge in [0.1, 0.15) is 0 Å². The van der Waals surface area contributed by atoms with Crippen molar-refractivity contribution in [3.63, 3.8) is 0 Å². The topological polar surface area (TPSA) is 25.8 Å². The van der Waals surface area contributed by atoms with Crippen LogP contribution in [0.3, 0.4) is 0 Å². The van der Waals surface area contributed by atoms with Crippen molar-refractivity contribution in [2.45, 2.75) is 20.6 Å². The van der Waals surface area contributed by atoms with Crippen molar-refractivity contribution in [1.29, 1.82) is 0 Å². The number of benzene rings is 2. The van der Waals surface area contributed by atoms with E-state index in [2.05, 4.69) is 57.5 Å². The Balaban J connectivity index is 1.52. The van der Waals surface area contributed by atoms with Crippen LogP contribution in [-0.4, -0.2) is 23.7 Å². The Morgan fingerprint density at radius 1 is 0.762 bits per heavy atom. The molecule has 5 heteroatoms. The normalized spacial score (nSPS) is 10.7. The standard InChI is InChI=1S/C16H14N2S2Se/c1-3-7-13(8-4-1)11-19-15-17-16(21-18-15)20-12-14-9-5-2-6-10-14/h1-10H,11-12H2. The summed E-state index contributed by atoms with van der Waals surface area (Å²) in [5, 5.41) is 0.939. The molecule has 2 nitrogen and oxygen atoms in total. The summed E-state index contributed by atoms with van der Waals surface area (Å²) in [4.78, 5) is 4.64. The van der Waals surface area contributed by atoms with Crippen LogP contribution in [0, 0.1) is 0 Å². The van der Waals surface area contributed by atoms with Crippen molar-refractivity contribution in [2.75, 3.05) is 0 Å². The third kappa shape index (κ3) is 4.75. The third-order valence-corrected chi connectivity index (χ3v) is 7.00. The van der Waals surface area contributed by atoms with Gasteiger partial charge in [-0.3, -0.25) is 0 Å². The SMILES string of the molecule is c1ccc(CSc2n[se]c(SCc3ccccc3)n2)cc1. The van der Waals surface area contributed by atoms with Gasteiger partial charge in [0.2, 0.25) is 0 Å². The van der Waals surface area contributed by atoms with E-state index in [4.69, 9.17) is 0 Å². The number of hydrogen-bond donors (Lipinski definition) is 0. The molecule has 0 N–H and O–H groups in total. The average molecular weight is 377 g/mol. The van der Waals surface area contributed by atoms with Crippen LogP contribution in [-0.2, 0) is 11.5 Å². The zero-order valence-electron chi connectivity index (χ0n) is 11.3. The minimum absolute atomic E-state index is 0.165. The minimum atomic E-state index is 0.165. The molecule has 106 valence electrons. The summed E-state index contributed by atoms with van der Waals surface area (Å²) in [6, 6.07) is 21.0. The second-order valence-corrected chi connectivity index (χ2v) is 8.46. The Morgan fingerprint density at radius 3 is 1.95 bits per heavy atom. The second-order valence-electron chi connectivity index (χ2n) is 4.39. The number of thioether (sulfide) groups is 2. The average Bonchev–Trinajstić information content (AvgIpc) is 3.01. The van der Waals surface area contributed by atoms with Crippen molar-refractivity contribution < 1.29 is 0 Å². The predicted octanol–water partition coefficient (Wildman–Crippen LogP) is 4.12. The van der Waals surface area contributed by atoms with Gasteiger partial charge in [0, 0.05) is 0 Å².